The van der Waals surface area contributed by atoms with Crippen molar-refractivity contribution >= 4 is 0 Å². The zero-order valence-corrected chi connectivity index (χ0v) is 11.7. The van der Waals surface area contributed by atoms with Crippen molar-refractivity contribution in [3.05, 3.63) is 11.6 Å². The fraction of sp³-hybridized carbons (Fsp3) is 0.875. The van der Waals surface area contributed by atoms with Crippen LogP contribution >= 0.6 is 0 Å². The van der Waals surface area contributed by atoms with Gasteiger partial charge in [-0.05, 0) is 38.6 Å². The third-order valence-electron chi connectivity index (χ3n) is 5.90. The molecule has 2 aliphatic carbocycles. The van der Waals surface area contributed by atoms with Gasteiger partial charge in [0.1, 0.15) is 0 Å². The lowest BCUT2D eigenvalue weighted by Gasteiger charge is -2.63. The van der Waals surface area contributed by atoms with Gasteiger partial charge in [0.2, 0.25) is 0 Å². The molecule has 0 bridgehead atoms. The van der Waals surface area contributed by atoms with Gasteiger partial charge in [0, 0.05) is 24.0 Å². The summed E-state index contributed by atoms with van der Waals surface area (Å²) in [6.07, 6.45) is 10.7. The number of nitrogens with one attached hydrogen (secondary N) is 1. The topological polar surface area (TPSA) is 30.5 Å². The summed E-state index contributed by atoms with van der Waals surface area (Å²) >= 11 is 0. The highest BCUT2D eigenvalue weighted by atomic mass is 16.5. The minimum absolute atomic E-state index is 0.533. The van der Waals surface area contributed by atoms with E-state index >= 15 is 0 Å². The highest BCUT2D eigenvalue weighted by molar-refractivity contribution is 5.18. The highest BCUT2D eigenvalue weighted by Crippen LogP contribution is 2.62. The molecule has 0 aromatic rings. The van der Waals surface area contributed by atoms with Crippen molar-refractivity contribution in [3.63, 3.8) is 0 Å². The van der Waals surface area contributed by atoms with E-state index in [-0.39, 0.29) is 0 Å². The van der Waals surface area contributed by atoms with Gasteiger partial charge in [-0.1, -0.05) is 18.1 Å². The SMILES string of the molecule is C1=C(CCN[C@@H]2[C@H]3CCO[C@H]3C23CCC3)CCOC1. The normalized spacial score (nSPS) is 39.4. The number of hydrogen-bond donors (Lipinski definition) is 1. The Morgan fingerprint density at radius 2 is 2.26 bits per heavy atom. The van der Waals surface area contributed by atoms with Crippen molar-refractivity contribution in [2.45, 2.75) is 50.7 Å². The summed E-state index contributed by atoms with van der Waals surface area (Å²) in [4.78, 5) is 0. The highest BCUT2D eigenvalue weighted by Gasteiger charge is 2.66. The van der Waals surface area contributed by atoms with Crippen LogP contribution in [-0.2, 0) is 9.47 Å². The predicted molar refractivity (Wildman–Crippen MR) is 74.1 cm³/mol. The van der Waals surface area contributed by atoms with Gasteiger partial charge in [-0.25, -0.2) is 0 Å². The first-order valence-electron chi connectivity index (χ1n) is 8.01. The molecule has 2 saturated carbocycles. The van der Waals surface area contributed by atoms with Crippen molar-refractivity contribution in [1.82, 2.24) is 5.32 Å². The number of hydrogen-bond acceptors (Lipinski definition) is 3. The minimum atomic E-state index is 0.533. The molecule has 3 heteroatoms. The van der Waals surface area contributed by atoms with Crippen molar-refractivity contribution in [2.75, 3.05) is 26.4 Å². The van der Waals surface area contributed by atoms with E-state index in [2.05, 4.69) is 11.4 Å². The lowest BCUT2D eigenvalue weighted by atomic mass is 9.46. The molecule has 19 heavy (non-hydrogen) atoms. The third-order valence-corrected chi connectivity index (χ3v) is 5.90. The second-order valence-electron chi connectivity index (χ2n) is 6.70. The standard InChI is InChI=1S/C16H25NO2/c1-6-16(7-1)14(13-5-11-19-15(13)16)17-8-2-12-3-9-18-10-4-12/h3,13-15,17H,1-2,4-11H2/t13-,14-,15-/m1/s1. The maximum absolute atomic E-state index is 5.97. The molecule has 2 heterocycles. The molecule has 3 nitrogen and oxygen atoms in total. The van der Waals surface area contributed by atoms with E-state index in [0.717, 1.165) is 44.7 Å². The molecule has 3 atom stereocenters. The third kappa shape index (κ3) is 1.90. The minimum Gasteiger partial charge on any atom is -0.377 e. The fourth-order valence-corrected chi connectivity index (χ4v) is 4.74. The molecule has 1 spiro atoms. The lowest BCUT2D eigenvalue weighted by Crippen LogP contribution is -2.71. The Bertz CT molecular complexity index is 375. The summed E-state index contributed by atoms with van der Waals surface area (Å²) in [5.41, 5.74) is 2.12. The Morgan fingerprint density at radius 1 is 1.32 bits per heavy atom. The van der Waals surface area contributed by atoms with E-state index in [1.54, 1.807) is 5.57 Å². The van der Waals surface area contributed by atoms with Gasteiger partial charge in [-0.2, -0.15) is 0 Å². The van der Waals surface area contributed by atoms with Crippen LogP contribution in [-0.4, -0.2) is 38.5 Å². The van der Waals surface area contributed by atoms with Gasteiger partial charge in [-0.3, -0.25) is 0 Å². The Kier molecular flexibility index (Phi) is 3.17. The first kappa shape index (κ1) is 12.4. The summed E-state index contributed by atoms with van der Waals surface area (Å²) in [7, 11) is 0. The van der Waals surface area contributed by atoms with Crippen LogP contribution in [0.1, 0.15) is 38.5 Å². The molecular formula is C16H25NO2. The van der Waals surface area contributed by atoms with Crippen molar-refractivity contribution < 1.29 is 9.47 Å². The second-order valence-corrected chi connectivity index (χ2v) is 6.70. The number of ether oxygens (including phenoxy) is 2. The van der Waals surface area contributed by atoms with Gasteiger partial charge >= 0.3 is 0 Å². The zero-order valence-electron chi connectivity index (χ0n) is 11.7. The van der Waals surface area contributed by atoms with Gasteiger partial charge in [-0.15, -0.1) is 0 Å². The average molecular weight is 263 g/mol. The van der Waals surface area contributed by atoms with Crippen LogP contribution in [0.2, 0.25) is 0 Å². The Balaban J connectivity index is 1.31. The molecule has 3 fully saturated rings. The maximum atomic E-state index is 5.97. The summed E-state index contributed by atoms with van der Waals surface area (Å²) < 4.78 is 11.3. The molecule has 106 valence electrons. The molecule has 0 amide bonds. The van der Waals surface area contributed by atoms with Crippen LogP contribution in [0.3, 0.4) is 0 Å². The Hall–Kier alpha value is -0.380. The monoisotopic (exact) mass is 263 g/mol. The molecule has 0 aromatic carbocycles. The summed E-state index contributed by atoms with van der Waals surface area (Å²) in [5, 5.41) is 3.87. The molecular weight excluding hydrogens is 238 g/mol. The number of fused-ring (bicyclic) bond motifs is 2. The Morgan fingerprint density at radius 3 is 3.00 bits per heavy atom. The van der Waals surface area contributed by atoms with E-state index < -0.39 is 0 Å². The predicted octanol–water partition coefficient (Wildman–Crippen LogP) is 2.27. The molecule has 0 radical (unpaired) electrons. The van der Waals surface area contributed by atoms with Crippen molar-refractivity contribution in [2.24, 2.45) is 11.3 Å². The van der Waals surface area contributed by atoms with Crippen LogP contribution in [0.15, 0.2) is 11.6 Å². The second kappa shape index (κ2) is 4.87. The van der Waals surface area contributed by atoms with Gasteiger partial charge in [0.05, 0.1) is 19.3 Å². The number of rotatable bonds is 4. The van der Waals surface area contributed by atoms with Crippen LogP contribution in [0.25, 0.3) is 0 Å². The maximum Gasteiger partial charge on any atom is 0.0690 e. The van der Waals surface area contributed by atoms with Gasteiger partial charge in [0.15, 0.2) is 0 Å². The van der Waals surface area contributed by atoms with Crippen LogP contribution in [0, 0.1) is 11.3 Å². The summed E-state index contributed by atoms with van der Waals surface area (Å²) in [6.45, 7) is 3.87. The molecule has 0 unspecified atom stereocenters. The van der Waals surface area contributed by atoms with Crippen LogP contribution < -0.4 is 5.32 Å². The fourth-order valence-electron chi connectivity index (χ4n) is 4.74. The molecule has 1 saturated heterocycles. The van der Waals surface area contributed by atoms with E-state index in [4.69, 9.17) is 9.47 Å². The van der Waals surface area contributed by atoms with E-state index in [9.17, 15) is 0 Å². The molecule has 4 rings (SSSR count). The van der Waals surface area contributed by atoms with Crippen molar-refractivity contribution in [1.29, 1.82) is 0 Å². The average Bonchev–Trinajstić information content (AvgIpc) is 2.79. The summed E-state index contributed by atoms with van der Waals surface area (Å²) in [6, 6.07) is 0.745. The zero-order chi connectivity index (χ0) is 12.7. The first-order chi connectivity index (χ1) is 9.40. The van der Waals surface area contributed by atoms with Gasteiger partial charge < -0.3 is 14.8 Å². The van der Waals surface area contributed by atoms with Crippen LogP contribution in [0.5, 0.6) is 0 Å². The first-order valence-corrected chi connectivity index (χ1v) is 8.01. The van der Waals surface area contributed by atoms with Crippen molar-refractivity contribution in [3.8, 4) is 0 Å². The van der Waals surface area contributed by atoms with E-state index in [1.807, 2.05) is 0 Å². The summed E-state index contributed by atoms with van der Waals surface area (Å²) in [5.74, 6) is 0.809. The molecule has 2 aliphatic heterocycles. The largest absolute Gasteiger partial charge is 0.377 e. The van der Waals surface area contributed by atoms with E-state index in [1.165, 1.54) is 32.1 Å². The smallest absolute Gasteiger partial charge is 0.0690 e. The lowest BCUT2D eigenvalue weighted by molar-refractivity contribution is -0.175. The molecule has 4 aliphatic rings. The van der Waals surface area contributed by atoms with Gasteiger partial charge in [0.25, 0.3) is 0 Å². The van der Waals surface area contributed by atoms with E-state index in [0.29, 0.717) is 11.5 Å². The molecule has 0 aromatic heterocycles. The quantitative estimate of drug-likeness (QED) is 0.789. The Labute approximate surface area is 115 Å². The van der Waals surface area contributed by atoms with Crippen LogP contribution in [0.4, 0.5) is 0 Å². The molecule has 1 N–H and O–H groups in total.